The zero-order valence-electron chi connectivity index (χ0n) is 28.2. The van der Waals surface area contributed by atoms with Crippen molar-refractivity contribution in [3.8, 4) is 34.5 Å². The number of nitrogens with two attached hydrogens (primary N) is 1. The topological polar surface area (TPSA) is 195 Å². The molecule has 4 N–H and O–H groups in total. The highest BCUT2D eigenvalue weighted by Gasteiger charge is 2.17. The first-order valence-corrected chi connectivity index (χ1v) is 14.3. The Balaban J connectivity index is 0.000000462. The van der Waals surface area contributed by atoms with Crippen molar-refractivity contribution in [3.63, 3.8) is 0 Å². The van der Waals surface area contributed by atoms with E-state index < -0.39 is 11.8 Å². The number of methoxy groups -OCH3 is 6. The van der Waals surface area contributed by atoms with Gasteiger partial charge < -0.3 is 73.2 Å². The van der Waals surface area contributed by atoms with E-state index >= 15 is 0 Å². The van der Waals surface area contributed by atoms with Gasteiger partial charge in [-0.1, -0.05) is 0 Å². The van der Waals surface area contributed by atoms with Crippen LogP contribution in [0.25, 0.3) is 0 Å². The number of nitrogen functional groups attached to an aromatic ring is 1. The van der Waals surface area contributed by atoms with E-state index in [1.807, 2.05) is 0 Å². The van der Waals surface area contributed by atoms with Crippen molar-refractivity contribution >= 4 is 28.9 Å². The molecule has 0 bridgehead atoms. The predicted molar refractivity (Wildman–Crippen MR) is 176 cm³/mol. The van der Waals surface area contributed by atoms with E-state index in [0.29, 0.717) is 51.6 Å². The minimum absolute atomic E-state index is 0.00281. The van der Waals surface area contributed by atoms with E-state index in [9.17, 15) is 9.59 Å². The quantitative estimate of drug-likeness (QED) is 0.0884. The molecule has 0 saturated heterocycles. The highest BCUT2D eigenvalue weighted by molar-refractivity contribution is 6.43. The molecule has 0 atom stereocenters. The first-order chi connectivity index (χ1) is 23.8. The van der Waals surface area contributed by atoms with Gasteiger partial charge >= 0.3 is 11.8 Å². The number of hydrogen-bond acceptors (Lipinski definition) is 15. The van der Waals surface area contributed by atoms with Crippen LogP contribution in [0, 0.1) is 0 Å². The Kier molecular flexibility index (Phi) is 19.1. The monoisotopic (exact) mass is 693 g/mol. The van der Waals surface area contributed by atoms with Gasteiger partial charge in [0.15, 0.2) is 75.3 Å². The van der Waals surface area contributed by atoms with Crippen LogP contribution < -0.4 is 44.8 Å². The molecule has 0 spiro atoms. The van der Waals surface area contributed by atoms with Crippen LogP contribution in [0.3, 0.4) is 0 Å². The molecule has 2 amide bonds. The van der Waals surface area contributed by atoms with E-state index in [1.54, 1.807) is 56.7 Å². The maximum absolute atomic E-state index is 12.4. The van der Waals surface area contributed by atoms with E-state index in [-0.39, 0.29) is 40.8 Å². The maximum Gasteiger partial charge on any atom is 0.314 e. The molecule has 17 nitrogen and oxygen atoms in total. The van der Waals surface area contributed by atoms with Crippen molar-refractivity contribution < 1.29 is 66.4 Å². The summed E-state index contributed by atoms with van der Waals surface area (Å²) in [5.41, 5.74) is 6.84. The minimum Gasteiger partial charge on any atom is -0.464 e. The Morgan fingerprint density at radius 1 is 0.449 bits per heavy atom. The third-order valence-corrected chi connectivity index (χ3v) is 5.57. The summed E-state index contributed by atoms with van der Waals surface area (Å²) in [5, 5.41) is 5.00. The Bertz CT molecular complexity index is 1350. The lowest BCUT2D eigenvalue weighted by Crippen LogP contribution is -2.29. The molecule has 3 rings (SSSR count). The number of carbonyl (C=O) groups is 2. The smallest absolute Gasteiger partial charge is 0.314 e. The van der Waals surface area contributed by atoms with Crippen LogP contribution in [0.5, 0.6) is 34.5 Å². The molecule has 0 aromatic heterocycles. The predicted octanol–water partition coefficient (Wildman–Crippen LogP) is 3.43. The Morgan fingerprint density at radius 3 is 1.06 bits per heavy atom. The number of nitrogens with one attached hydrogen (secondary N) is 2. The molecular formula is C32H43N3O14. The molecule has 0 unspecified atom stereocenters. The average Bonchev–Trinajstić information content (AvgIpc) is 3.11. The normalized spacial score (nSPS) is 10.2. The van der Waals surface area contributed by atoms with Crippen LogP contribution in [-0.4, -0.2) is 95.2 Å². The van der Waals surface area contributed by atoms with E-state index in [2.05, 4.69) is 10.6 Å². The van der Waals surface area contributed by atoms with Crippen molar-refractivity contribution in [1.29, 1.82) is 0 Å². The number of hydrogen-bond donors (Lipinski definition) is 3. The summed E-state index contributed by atoms with van der Waals surface area (Å²) in [7, 11) is 8.99. The lowest BCUT2D eigenvalue weighted by atomic mass is 10.2. The molecule has 0 aliphatic heterocycles. The standard InChI is InChI=1S/C22H28N2O10.C10H15NO4/c1-27-11-31-17-7-5-15(9-19(17)33-13-29-3)23-21(25)22(26)24-16-6-8-18(32-12-28-2)20(10-16)34-14-30-4;1-12-6-14-9-4-3-8(11)5-10(9)15-7-13-2/h5-10H,11-14H2,1-4H3,(H,23,25)(H,24,26);3-5H,6-7,11H2,1-2H3. The van der Waals surface area contributed by atoms with E-state index in [4.69, 9.17) is 62.6 Å². The van der Waals surface area contributed by atoms with Crippen molar-refractivity contribution in [2.45, 2.75) is 0 Å². The SMILES string of the molecule is COCOc1ccc(N)cc1OCOC.COCOc1ccc(NC(=O)C(=O)Nc2ccc(OCOC)c(OCOC)c2)cc1OCOC. The molecule has 0 heterocycles. The van der Waals surface area contributed by atoms with Gasteiger partial charge in [0.05, 0.1) is 0 Å². The van der Waals surface area contributed by atoms with Crippen LogP contribution in [0.4, 0.5) is 17.1 Å². The third-order valence-electron chi connectivity index (χ3n) is 5.57. The molecule has 270 valence electrons. The number of benzene rings is 3. The molecule has 0 aliphatic rings. The zero-order chi connectivity index (χ0) is 35.9. The van der Waals surface area contributed by atoms with Gasteiger partial charge in [0, 0.05) is 77.9 Å². The first-order valence-electron chi connectivity index (χ1n) is 14.3. The summed E-state index contributed by atoms with van der Waals surface area (Å²) in [6.45, 7) is 0.226. The number of anilines is 3. The van der Waals surface area contributed by atoms with Gasteiger partial charge in [-0.15, -0.1) is 0 Å². The third kappa shape index (κ3) is 14.7. The van der Waals surface area contributed by atoms with Gasteiger partial charge in [0.25, 0.3) is 0 Å². The fourth-order valence-corrected chi connectivity index (χ4v) is 3.50. The zero-order valence-corrected chi connectivity index (χ0v) is 28.2. The van der Waals surface area contributed by atoms with Crippen LogP contribution >= 0.6 is 0 Å². The van der Waals surface area contributed by atoms with Crippen molar-refractivity contribution in [2.75, 3.05) is 99.8 Å². The second-order valence-corrected chi connectivity index (χ2v) is 9.24. The number of amides is 2. The Labute approximate surface area is 284 Å². The van der Waals surface area contributed by atoms with Crippen molar-refractivity contribution in [1.82, 2.24) is 0 Å². The van der Waals surface area contributed by atoms with Crippen molar-refractivity contribution in [2.24, 2.45) is 0 Å². The number of ether oxygens (including phenoxy) is 12. The molecule has 3 aromatic rings. The summed E-state index contributed by atoms with van der Waals surface area (Å²) in [6.07, 6.45) is 0. The van der Waals surface area contributed by atoms with Gasteiger partial charge in [-0.05, 0) is 36.4 Å². The highest BCUT2D eigenvalue weighted by Crippen LogP contribution is 2.32. The summed E-state index contributed by atoms with van der Waals surface area (Å²) in [6, 6.07) is 14.3. The van der Waals surface area contributed by atoms with Gasteiger partial charge in [-0.25, -0.2) is 0 Å². The minimum atomic E-state index is -0.901. The second-order valence-electron chi connectivity index (χ2n) is 9.24. The van der Waals surface area contributed by atoms with E-state index in [1.165, 1.54) is 40.6 Å². The van der Waals surface area contributed by atoms with Crippen LogP contribution in [-0.2, 0) is 38.0 Å². The second kappa shape index (κ2) is 23.3. The van der Waals surface area contributed by atoms with E-state index in [0.717, 1.165) is 0 Å². The summed E-state index contributed by atoms with van der Waals surface area (Å²) < 4.78 is 61.4. The maximum atomic E-state index is 12.4. The largest absolute Gasteiger partial charge is 0.464 e. The van der Waals surface area contributed by atoms with Crippen LogP contribution in [0.15, 0.2) is 54.6 Å². The lowest BCUT2D eigenvalue weighted by molar-refractivity contribution is -0.133. The summed E-state index contributed by atoms with van der Waals surface area (Å²) >= 11 is 0. The van der Waals surface area contributed by atoms with Gasteiger partial charge in [-0.2, -0.15) is 0 Å². The van der Waals surface area contributed by atoms with Gasteiger partial charge in [-0.3, -0.25) is 9.59 Å². The number of carbonyl (C=O) groups excluding carboxylic acids is 2. The van der Waals surface area contributed by atoms with Crippen molar-refractivity contribution in [3.05, 3.63) is 54.6 Å². The highest BCUT2D eigenvalue weighted by atomic mass is 16.7. The molecule has 0 radical (unpaired) electrons. The Morgan fingerprint density at radius 2 is 0.735 bits per heavy atom. The summed E-state index contributed by atoms with van der Waals surface area (Å²) in [5.74, 6) is 0.649. The van der Waals surface area contributed by atoms with Crippen LogP contribution in [0.2, 0.25) is 0 Å². The summed E-state index contributed by atoms with van der Waals surface area (Å²) in [4.78, 5) is 24.9. The number of rotatable bonds is 20. The first kappa shape index (κ1) is 40.1. The van der Waals surface area contributed by atoms with Gasteiger partial charge in [0.1, 0.15) is 0 Å². The average molecular weight is 694 g/mol. The molecule has 0 fully saturated rings. The molecule has 0 aliphatic carbocycles. The van der Waals surface area contributed by atoms with Gasteiger partial charge in [0.2, 0.25) is 0 Å². The van der Waals surface area contributed by atoms with Crippen LogP contribution in [0.1, 0.15) is 0 Å². The molecule has 0 saturated carbocycles. The lowest BCUT2D eigenvalue weighted by Gasteiger charge is -2.14. The fraction of sp³-hybridized carbons (Fsp3) is 0.375. The fourth-order valence-electron chi connectivity index (χ4n) is 3.50. The molecular weight excluding hydrogens is 650 g/mol. The molecule has 3 aromatic carbocycles. The Hall–Kier alpha value is -5.04. The molecule has 49 heavy (non-hydrogen) atoms. The molecule has 17 heteroatoms.